The van der Waals surface area contributed by atoms with Crippen LogP contribution in [0.5, 0.6) is 0 Å². The van der Waals surface area contributed by atoms with E-state index in [0.717, 1.165) is 11.8 Å². The third-order valence-electron chi connectivity index (χ3n) is 3.54. The monoisotopic (exact) mass is 276 g/mol. The summed E-state index contributed by atoms with van der Waals surface area (Å²) in [5.74, 6) is -0.0612. The molecule has 1 aliphatic rings. The molecule has 0 spiro atoms. The van der Waals surface area contributed by atoms with E-state index >= 15 is 0 Å². The number of furan rings is 1. The van der Waals surface area contributed by atoms with Gasteiger partial charge in [-0.25, -0.2) is 0 Å². The fourth-order valence-electron chi connectivity index (χ4n) is 2.35. The molecule has 0 saturated carbocycles. The zero-order valence-corrected chi connectivity index (χ0v) is 11.0. The Morgan fingerprint density at radius 1 is 1.45 bits per heavy atom. The molecule has 6 nitrogen and oxygen atoms in total. The summed E-state index contributed by atoms with van der Waals surface area (Å²) in [5, 5.41) is 3.62. The number of carbonyl (C=O) groups is 1. The standard InChI is InChI=1S/C14H16N2O4/c17-13(11-2-7-19-9-11)15-4-6-16-5-1-10-3-8-20-12(10)14(16)18/h1,3,5,8,11H,2,4,6-7,9H2,(H,15,17). The molecule has 1 atom stereocenters. The third-order valence-corrected chi connectivity index (χ3v) is 3.54. The molecule has 1 saturated heterocycles. The molecule has 2 aromatic heterocycles. The Bertz CT molecular complexity index is 667. The number of hydrogen-bond donors (Lipinski definition) is 1. The summed E-state index contributed by atoms with van der Waals surface area (Å²) in [4.78, 5) is 23.9. The van der Waals surface area contributed by atoms with E-state index in [1.165, 1.54) is 10.8 Å². The Labute approximate surface area is 115 Å². The summed E-state index contributed by atoms with van der Waals surface area (Å²) in [7, 11) is 0. The highest BCUT2D eigenvalue weighted by molar-refractivity contribution is 5.79. The molecule has 1 aliphatic heterocycles. The smallest absolute Gasteiger partial charge is 0.294 e. The molecular weight excluding hydrogens is 260 g/mol. The predicted molar refractivity (Wildman–Crippen MR) is 72.4 cm³/mol. The van der Waals surface area contributed by atoms with Crippen molar-refractivity contribution in [1.29, 1.82) is 0 Å². The van der Waals surface area contributed by atoms with Crippen LogP contribution < -0.4 is 10.9 Å². The van der Waals surface area contributed by atoms with Crippen LogP contribution in [0.25, 0.3) is 11.0 Å². The Kier molecular flexibility index (Phi) is 3.56. The van der Waals surface area contributed by atoms with E-state index < -0.39 is 0 Å². The number of amides is 1. The highest BCUT2D eigenvalue weighted by atomic mass is 16.5. The highest BCUT2D eigenvalue weighted by Crippen LogP contribution is 2.12. The van der Waals surface area contributed by atoms with Gasteiger partial charge >= 0.3 is 0 Å². The van der Waals surface area contributed by atoms with Crippen molar-refractivity contribution in [1.82, 2.24) is 9.88 Å². The SMILES string of the molecule is O=C(NCCn1ccc2ccoc2c1=O)C1CCOC1. The van der Waals surface area contributed by atoms with Crippen LogP contribution in [0.3, 0.4) is 0 Å². The second-order valence-corrected chi connectivity index (χ2v) is 4.87. The van der Waals surface area contributed by atoms with Crippen LogP contribution in [0.4, 0.5) is 0 Å². The first kappa shape index (κ1) is 12.9. The highest BCUT2D eigenvalue weighted by Gasteiger charge is 2.22. The van der Waals surface area contributed by atoms with Gasteiger partial charge in [0.05, 0.1) is 18.8 Å². The van der Waals surface area contributed by atoms with E-state index in [-0.39, 0.29) is 17.4 Å². The van der Waals surface area contributed by atoms with E-state index in [1.54, 1.807) is 12.3 Å². The van der Waals surface area contributed by atoms with Gasteiger partial charge in [-0.15, -0.1) is 0 Å². The molecule has 6 heteroatoms. The van der Waals surface area contributed by atoms with Gasteiger partial charge in [0.2, 0.25) is 5.91 Å². The van der Waals surface area contributed by atoms with Crippen LogP contribution in [0.2, 0.25) is 0 Å². The van der Waals surface area contributed by atoms with Crippen molar-refractivity contribution >= 4 is 16.9 Å². The van der Waals surface area contributed by atoms with Crippen LogP contribution in [0, 0.1) is 5.92 Å². The van der Waals surface area contributed by atoms with E-state index in [9.17, 15) is 9.59 Å². The summed E-state index contributed by atoms with van der Waals surface area (Å²) in [6.45, 7) is 1.98. The van der Waals surface area contributed by atoms with E-state index in [2.05, 4.69) is 5.32 Å². The van der Waals surface area contributed by atoms with Gasteiger partial charge in [0.25, 0.3) is 5.56 Å². The Morgan fingerprint density at radius 3 is 3.15 bits per heavy atom. The van der Waals surface area contributed by atoms with Gasteiger partial charge in [0.1, 0.15) is 0 Å². The number of ether oxygens (including phenoxy) is 1. The molecule has 1 fully saturated rings. The van der Waals surface area contributed by atoms with Gasteiger partial charge in [0, 0.05) is 31.3 Å². The van der Waals surface area contributed by atoms with Crippen LogP contribution in [-0.2, 0) is 16.1 Å². The zero-order valence-electron chi connectivity index (χ0n) is 11.0. The molecule has 0 aromatic carbocycles. The molecule has 1 unspecified atom stereocenters. The summed E-state index contributed by atoms with van der Waals surface area (Å²) < 4.78 is 11.9. The Hall–Kier alpha value is -2.08. The van der Waals surface area contributed by atoms with Crippen molar-refractivity contribution in [3.63, 3.8) is 0 Å². The number of nitrogens with one attached hydrogen (secondary N) is 1. The molecule has 3 rings (SSSR count). The second kappa shape index (κ2) is 5.50. The van der Waals surface area contributed by atoms with Gasteiger partial charge in [-0.1, -0.05) is 0 Å². The molecule has 0 bridgehead atoms. The van der Waals surface area contributed by atoms with Crippen molar-refractivity contribution in [3.05, 3.63) is 34.9 Å². The maximum absolute atomic E-state index is 12.1. The van der Waals surface area contributed by atoms with Gasteiger partial charge in [-0.2, -0.15) is 0 Å². The zero-order chi connectivity index (χ0) is 13.9. The normalized spacial score (nSPS) is 18.5. The van der Waals surface area contributed by atoms with Gasteiger partial charge in [0.15, 0.2) is 5.58 Å². The first-order valence-corrected chi connectivity index (χ1v) is 6.68. The molecule has 20 heavy (non-hydrogen) atoms. The number of nitrogens with zero attached hydrogens (tertiary/aromatic N) is 1. The molecule has 3 heterocycles. The van der Waals surface area contributed by atoms with Crippen molar-refractivity contribution in [2.75, 3.05) is 19.8 Å². The minimum Gasteiger partial charge on any atom is -0.459 e. The van der Waals surface area contributed by atoms with Gasteiger partial charge in [-0.3, -0.25) is 9.59 Å². The fourth-order valence-corrected chi connectivity index (χ4v) is 2.35. The quantitative estimate of drug-likeness (QED) is 0.894. The number of hydrogen-bond acceptors (Lipinski definition) is 4. The summed E-state index contributed by atoms with van der Waals surface area (Å²) >= 11 is 0. The second-order valence-electron chi connectivity index (χ2n) is 4.87. The minimum atomic E-state index is -0.175. The minimum absolute atomic E-state index is 0.00498. The summed E-state index contributed by atoms with van der Waals surface area (Å²) in [6.07, 6.45) is 3.98. The lowest BCUT2D eigenvalue weighted by Crippen LogP contribution is -2.34. The molecule has 1 N–H and O–H groups in total. The average Bonchev–Trinajstić information content (AvgIpc) is 3.11. The summed E-state index contributed by atoms with van der Waals surface area (Å²) in [6, 6.07) is 3.58. The largest absolute Gasteiger partial charge is 0.459 e. The van der Waals surface area contributed by atoms with Crippen molar-refractivity contribution in [3.8, 4) is 0 Å². The number of carbonyl (C=O) groups excluding carboxylic acids is 1. The molecular formula is C14H16N2O4. The Balaban J connectivity index is 1.61. The molecule has 0 aliphatic carbocycles. The number of aromatic nitrogens is 1. The molecule has 2 aromatic rings. The van der Waals surface area contributed by atoms with Crippen LogP contribution in [0.1, 0.15) is 6.42 Å². The fraction of sp³-hybridized carbons (Fsp3) is 0.429. The van der Waals surface area contributed by atoms with Crippen LogP contribution >= 0.6 is 0 Å². The third kappa shape index (κ3) is 2.46. The number of fused-ring (bicyclic) bond motifs is 1. The van der Waals surface area contributed by atoms with Crippen molar-refractivity contribution < 1.29 is 13.9 Å². The average molecular weight is 276 g/mol. The number of rotatable bonds is 4. The van der Waals surface area contributed by atoms with Crippen LogP contribution in [0.15, 0.2) is 33.8 Å². The first-order chi connectivity index (χ1) is 9.75. The maximum atomic E-state index is 12.1. The van der Waals surface area contributed by atoms with Gasteiger partial charge in [-0.05, 0) is 18.6 Å². The topological polar surface area (TPSA) is 73.5 Å². The first-order valence-electron chi connectivity index (χ1n) is 6.68. The molecule has 0 radical (unpaired) electrons. The van der Waals surface area contributed by atoms with E-state index in [4.69, 9.17) is 9.15 Å². The van der Waals surface area contributed by atoms with Crippen LogP contribution in [-0.4, -0.2) is 30.2 Å². The van der Waals surface area contributed by atoms with Gasteiger partial charge < -0.3 is 19.0 Å². The van der Waals surface area contributed by atoms with Crippen molar-refractivity contribution in [2.24, 2.45) is 5.92 Å². The van der Waals surface area contributed by atoms with E-state index in [1.807, 2.05) is 6.07 Å². The summed E-state index contributed by atoms with van der Waals surface area (Å²) in [5.41, 5.74) is 0.175. The van der Waals surface area contributed by atoms with E-state index in [0.29, 0.717) is 31.9 Å². The molecule has 1 amide bonds. The lowest BCUT2D eigenvalue weighted by atomic mass is 10.1. The lowest BCUT2D eigenvalue weighted by Gasteiger charge is -2.10. The predicted octanol–water partition coefficient (Wildman–Crippen LogP) is 0.747. The Morgan fingerprint density at radius 2 is 2.35 bits per heavy atom. The lowest BCUT2D eigenvalue weighted by molar-refractivity contribution is -0.124. The molecule has 106 valence electrons. The van der Waals surface area contributed by atoms with Crippen molar-refractivity contribution in [2.45, 2.75) is 13.0 Å². The number of pyridine rings is 1. The maximum Gasteiger partial charge on any atom is 0.294 e.